The fourth-order valence-corrected chi connectivity index (χ4v) is 3.76. The van der Waals surface area contributed by atoms with Crippen LogP contribution in [0.4, 0.5) is 5.69 Å². The molecule has 1 aliphatic rings. The van der Waals surface area contributed by atoms with Gasteiger partial charge >= 0.3 is 0 Å². The maximum Gasteiger partial charge on any atom is 0.224 e. The fraction of sp³-hybridized carbons (Fsp3) is 0.619. The van der Waals surface area contributed by atoms with Crippen molar-refractivity contribution in [3.63, 3.8) is 0 Å². The minimum absolute atomic E-state index is 0.0835. The van der Waals surface area contributed by atoms with Crippen LogP contribution in [0, 0.1) is 0 Å². The van der Waals surface area contributed by atoms with E-state index in [9.17, 15) is 4.79 Å². The van der Waals surface area contributed by atoms with E-state index >= 15 is 0 Å². The van der Waals surface area contributed by atoms with Crippen LogP contribution in [0.2, 0.25) is 0 Å². The maximum absolute atomic E-state index is 12.0. The number of likely N-dealkylation sites (N-methyl/N-ethyl adjacent to an activating group) is 1. The van der Waals surface area contributed by atoms with E-state index in [0.29, 0.717) is 6.42 Å². The summed E-state index contributed by atoms with van der Waals surface area (Å²) in [5.41, 5.74) is 2.95. The van der Waals surface area contributed by atoms with Crippen molar-refractivity contribution >= 4 is 22.6 Å². The summed E-state index contributed by atoms with van der Waals surface area (Å²) in [6.45, 7) is 13.9. The summed E-state index contributed by atoms with van der Waals surface area (Å²) in [5.74, 6) is 1.20. The number of nitrogens with one attached hydrogen (secondary N) is 1. The number of unbranched alkanes of at least 4 members (excludes halogenated alkanes) is 1. The molecule has 148 valence electrons. The second kappa shape index (κ2) is 9.33. The number of anilines is 1. The van der Waals surface area contributed by atoms with Crippen molar-refractivity contribution in [2.75, 3.05) is 38.0 Å². The second-order valence-electron chi connectivity index (χ2n) is 7.34. The molecule has 3 rings (SSSR count). The largest absolute Gasteiger partial charge is 0.327 e. The molecule has 2 aromatic rings. The van der Waals surface area contributed by atoms with Crippen LogP contribution in [0.1, 0.15) is 45.9 Å². The van der Waals surface area contributed by atoms with Gasteiger partial charge in [-0.3, -0.25) is 9.69 Å². The first-order valence-electron chi connectivity index (χ1n) is 10.4. The van der Waals surface area contributed by atoms with Gasteiger partial charge in [-0.25, -0.2) is 4.98 Å². The third-order valence-corrected chi connectivity index (χ3v) is 5.46. The highest BCUT2D eigenvalue weighted by atomic mass is 16.1. The molecule has 0 atom stereocenters. The summed E-state index contributed by atoms with van der Waals surface area (Å²) < 4.78 is 2.30. The van der Waals surface area contributed by atoms with Crippen molar-refractivity contribution < 1.29 is 4.79 Å². The average molecular weight is 372 g/mol. The smallest absolute Gasteiger partial charge is 0.224 e. The van der Waals surface area contributed by atoms with Crippen molar-refractivity contribution in [1.82, 2.24) is 19.4 Å². The Morgan fingerprint density at radius 3 is 2.48 bits per heavy atom. The van der Waals surface area contributed by atoms with E-state index in [1.165, 1.54) is 0 Å². The maximum atomic E-state index is 12.0. The van der Waals surface area contributed by atoms with Crippen molar-refractivity contribution in [3.05, 3.63) is 24.0 Å². The van der Waals surface area contributed by atoms with Gasteiger partial charge in [0.15, 0.2) is 0 Å². The Bertz CT molecular complexity index is 761. The molecule has 1 saturated heterocycles. The first-order chi connectivity index (χ1) is 13.1. The van der Waals surface area contributed by atoms with Gasteiger partial charge in [-0.05, 0) is 38.1 Å². The standard InChI is InChI=1S/C21H33N5O/c1-4-7-8-21(27)22-17-9-10-19-18(15-17)23-20(26(19)6-3)16-25-13-11-24(5-2)12-14-25/h9-10,15H,4-8,11-14,16H2,1-3H3,(H,22,27). The molecule has 0 spiro atoms. The molecule has 1 aromatic carbocycles. The lowest BCUT2D eigenvalue weighted by Gasteiger charge is -2.33. The number of nitrogens with zero attached hydrogens (tertiary/aromatic N) is 4. The molecule has 0 unspecified atom stereocenters. The van der Waals surface area contributed by atoms with Gasteiger partial charge in [-0.2, -0.15) is 0 Å². The Morgan fingerprint density at radius 1 is 1.07 bits per heavy atom. The highest BCUT2D eigenvalue weighted by molar-refractivity contribution is 5.93. The van der Waals surface area contributed by atoms with Gasteiger partial charge in [-0.1, -0.05) is 20.3 Å². The molecule has 0 radical (unpaired) electrons. The van der Waals surface area contributed by atoms with Crippen LogP contribution in [0.5, 0.6) is 0 Å². The molecular weight excluding hydrogens is 338 g/mol. The zero-order chi connectivity index (χ0) is 19.2. The van der Waals surface area contributed by atoms with Gasteiger partial charge in [-0.15, -0.1) is 0 Å². The van der Waals surface area contributed by atoms with Crippen LogP contribution in [-0.4, -0.2) is 58.0 Å². The van der Waals surface area contributed by atoms with Crippen LogP contribution < -0.4 is 5.32 Å². The van der Waals surface area contributed by atoms with Crippen LogP contribution >= 0.6 is 0 Å². The topological polar surface area (TPSA) is 53.4 Å². The van der Waals surface area contributed by atoms with Crippen molar-refractivity contribution in [3.8, 4) is 0 Å². The Kier molecular flexibility index (Phi) is 6.85. The molecule has 1 fully saturated rings. The number of aromatic nitrogens is 2. The number of carbonyl (C=O) groups excluding carboxylic acids is 1. The van der Waals surface area contributed by atoms with E-state index in [4.69, 9.17) is 4.98 Å². The van der Waals surface area contributed by atoms with Crippen LogP contribution in [-0.2, 0) is 17.9 Å². The minimum atomic E-state index is 0.0835. The number of aryl methyl sites for hydroxylation is 1. The number of piperazine rings is 1. The summed E-state index contributed by atoms with van der Waals surface area (Å²) in [6, 6.07) is 6.08. The van der Waals surface area contributed by atoms with Crippen LogP contribution in [0.25, 0.3) is 11.0 Å². The third-order valence-electron chi connectivity index (χ3n) is 5.46. The monoisotopic (exact) mass is 371 g/mol. The summed E-state index contributed by atoms with van der Waals surface area (Å²) in [7, 11) is 0. The van der Waals surface area contributed by atoms with Gasteiger partial charge in [0.05, 0.1) is 17.6 Å². The predicted molar refractivity (Wildman–Crippen MR) is 111 cm³/mol. The van der Waals surface area contributed by atoms with Crippen molar-refractivity contribution in [2.45, 2.75) is 53.1 Å². The normalized spacial score (nSPS) is 16.1. The molecule has 27 heavy (non-hydrogen) atoms. The molecule has 0 saturated carbocycles. The van der Waals surface area contributed by atoms with Gasteiger partial charge in [0, 0.05) is 44.8 Å². The van der Waals surface area contributed by atoms with Gasteiger partial charge in [0.25, 0.3) is 0 Å². The first kappa shape index (κ1) is 19.8. The molecule has 6 heteroatoms. The molecule has 2 heterocycles. The van der Waals surface area contributed by atoms with Gasteiger partial charge in [0.2, 0.25) is 5.91 Å². The van der Waals surface area contributed by atoms with Gasteiger partial charge in [0.1, 0.15) is 5.82 Å². The average Bonchev–Trinajstić information content (AvgIpc) is 3.03. The Morgan fingerprint density at radius 2 is 1.81 bits per heavy atom. The number of carbonyl (C=O) groups is 1. The van der Waals surface area contributed by atoms with Crippen LogP contribution in [0.3, 0.4) is 0 Å². The van der Waals surface area contributed by atoms with Crippen molar-refractivity contribution in [2.24, 2.45) is 0 Å². The number of imidazole rings is 1. The molecule has 1 aliphatic heterocycles. The third kappa shape index (κ3) is 4.87. The van der Waals surface area contributed by atoms with E-state index in [1.807, 2.05) is 12.1 Å². The first-order valence-corrected chi connectivity index (χ1v) is 10.4. The molecule has 0 bridgehead atoms. The summed E-state index contributed by atoms with van der Waals surface area (Å²) in [4.78, 5) is 21.9. The zero-order valence-corrected chi connectivity index (χ0v) is 17.0. The summed E-state index contributed by atoms with van der Waals surface area (Å²) in [5, 5.41) is 3.00. The number of hydrogen-bond donors (Lipinski definition) is 1. The molecule has 1 amide bonds. The number of amides is 1. The number of benzene rings is 1. The van der Waals surface area contributed by atoms with E-state index in [0.717, 1.165) is 81.2 Å². The lowest BCUT2D eigenvalue weighted by molar-refractivity contribution is -0.116. The Hall–Kier alpha value is -1.92. The van der Waals surface area contributed by atoms with Crippen LogP contribution in [0.15, 0.2) is 18.2 Å². The molecular formula is C21H33N5O. The van der Waals surface area contributed by atoms with E-state index in [2.05, 4.69) is 46.5 Å². The molecule has 6 nitrogen and oxygen atoms in total. The van der Waals surface area contributed by atoms with E-state index in [1.54, 1.807) is 0 Å². The highest BCUT2D eigenvalue weighted by Crippen LogP contribution is 2.22. The molecule has 0 aliphatic carbocycles. The predicted octanol–water partition coefficient (Wildman–Crippen LogP) is 3.32. The Balaban J connectivity index is 1.73. The lowest BCUT2D eigenvalue weighted by Crippen LogP contribution is -2.45. The number of rotatable bonds is 8. The quantitative estimate of drug-likeness (QED) is 0.773. The highest BCUT2D eigenvalue weighted by Gasteiger charge is 2.19. The second-order valence-corrected chi connectivity index (χ2v) is 7.34. The molecule has 1 aromatic heterocycles. The SMILES string of the molecule is CCCCC(=O)Nc1ccc2c(c1)nc(CN1CCN(CC)CC1)n2CC. The molecule has 1 N–H and O–H groups in total. The summed E-state index contributed by atoms with van der Waals surface area (Å²) in [6.07, 6.45) is 2.53. The fourth-order valence-electron chi connectivity index (χ4n) is 3.76. The van der Waals surface area contributed by atoms with E-state index < -0.39 is 0 Å². The minimum Gasteiger partial charge on any atom is -0.327 e. The Labute approximate surface area is 162 Å². The van der Waals surface area contributed by atoms with E-state index in [-0.39, 0.29) is 5.91 Å². The number of fused-ring (bicyclic) bond motifs is 1. The summed E-state index contributed by atoms with van der Waals surface area (Å²) >= 11 is 0. The van der Waals surface area contributed by atoms with Crippen molar-refractivity contribution in [1.29, 1.82) is 0 Å². The lowest BCUT2D eigenvalue weighted by atomic mass is 10.2. The zero-order valence-electron chi connectivity index (χ0n) is 17.0. The number of hydrogen-bond acceptors (Lipinski definition) is 4. The van der Waals surface area contributed by atoms with Gasteiger partial charge < -0.3 is 14.8 Å².